The molecule has 1 radical (unpaired) electrons. The van der Waals surface area contributed by atoms with Gasteiger partial charge in [0.25, 0.3) is 0 Å². The number of aryl methyl sites for hydroxylation is 2. The highest BCUT2D eigenvalue weighted by Gasteiger charge is 2.30. The normalized spacial score (nSPS) is 28.4. The van der Waals surface area contributed by atoms with Crippen molar-refractivity contribution in [3.63, 3.8) is 0 Å². The first-order valence-electron chi connectivity index (χ1n) is 16.9. The minimum atomic E-state index is -0.403. The predicted octanol–water partition coefficient (Wildman–Crippen LogP) is 9.78. The summed E-state index contributed by atoms with van der Waals surface area (Å²) in [6.45, 7) is 5.84. The number of halogens is 2. The van der Waals surface area contributed by atoms with Crippen LogP contribution in [0.15, 0.2) is 24.3 Å². The van der Waals surface area contributed by atoms with E-state index < -0.39 is 11.6 Å². The Morgan fingerprint density at radius 3 is 1.40 bits per heavy atom. The molecule has 2 nitrogen and oxygen atoms in total. The molecule has 3 fully saturated rings. The number of hydrogen-bond donors (Lipinski definition) is 1. The Balaban J connectivity index is 0.973. The summed E-state index contributed by atoms with van der Waals surface area (Å²) in [5, 5.41) is 8.95. The Labute approximate surface area is 254 Å². The quantitative estimate of drug-likeness (QED) is 0.285. The van der Waals surface area contributed by atoms with Gasteiger partial charge in [0, 0.05) is 5.56 Å². The fraction of sp³-hybridized carbons (Fsp3) is 0.676. The van der Waals surface area contributed by atoms with E-state index in [0.29, 0.717) is 11.7 Å². The van der Waals surface area contributed by atoms with Crippen LogP contribution in [-0.2, 0) is 12.8 Å². The maximum Gasteiger partial charge on any atom is 0.569 e. The van der Waals surface area contributed by atoms with E-state index in [1.807, 2.05) is 12.1 Å². The van der Waals surface area contributed by atoms with Crippen LogP contribution in [0.4, 0.5) is 8.78 Å². The van der Waals surface area contributed by atoms with E-state index in [2.05, 4.69) is 13.8 Å². The third-order valence-corrected chi connectivity index (χ3v) is 11.4. The van der Waals surface area contributed by atoms with E-state index >= 15 is 0 Å². The molecule has 2 aromatic carbocycles. The first-order chi connectivity index (χ1) is 20.3. The molecule has 0 aliphatic heterocycles. The van der Waals surface area contributed by atoms with Crippen LogP contribution in [0, 0.1) is 67.9 Å². The first kappa shape index (κ1) is 31.5. The smallest absolute Gasteiger partial charge is 0.537 e. The highest BCUT2D eigenvalue weighted by atomic mass is 19.1. The summed E-state index contributed by atoms with van der Waals surface area (Å²) >= 11 is 0. The van der Waals surface area contributed by atoms with Crippen LogP contribution in [0.2, 0.25) is 0 Å². The van der Waals surface area contributed by atoms with E-state index in [1.165, 1.54) is 120 Å². The van der Waals surface area contributed by atoms with Crippen molar-refractivity contribution in [1.82, 2.24) is 0 Å². The summed E-state index contributed by atoms with van der Waals surface area (Å²) in [6.07, 6.45) is 21.1. The van der Waals surface area contributed by atoms with Crippen LogP contribution in [0.1, 0.15) is 118 Å². The zero-order valence-corrected chi connectivity index (χ0v) is 26.3. The molecular weight excluding hydrogens is 525 g/mol. The molecule has 0 heterocycles. The topological polar surface area (TPSA) is 29.5 Å². The zero-order valence-electron chi connectivity index (χ0n) is 26.3. The van der Waals surface area contributed by atoms with Crippen molar-refractivity contribution in [3.8, 4) is 5.75 Å². The molecule has 1 N–H and O–H groups in total. The number of benzene rings is 2. The van der Waals surface area contributed by atoms with Gasteiger partial charge in [0.2, 0.25) is 0 Å². The van der Waals surface area contributed by atoms with E-state index in [-0.39, 0.29) is 5.56 Å². The second-order valence-corrected chi connectivity index (χ2v) is 14.5. The van der Waals surface area contributed by atoms with Crippen LogP contribution < -0.4 is 4.65 Å². The summed E-state index contributed by atoms with van der Waals surface area (Å²) in [7, 11) is 0.762. The standard InChI is InChI=1S/C37H52BF2O2/c1-24-16-34(42-38-41)17-25(2)35(24)21-32-14-12-30(13-15-32)19-28-6-4-27(5-7-28)18-29-8-10-31(11-9-29)20-33-22-36(39)26(3)37(40)23-33/h16-17,22-23,27-32,41H,4-15,18-21H2,1-3H3. The van der Waals surface area contributed by atoms with E-state index in [9.17, 15) is 8.78 Å². The van der Waals surface area contributed by atoms with Crippen molar-refractivity contribution in [3.05, 3.63) is 63.7 Å². The van der Waals surface area contributed by atoms with Gasteiger partial charge in [0.15, 0.2) is 0 Å². The van der Waals surface area contributed by atoms with Crippen LogP contribution in [-0.4, -0.2) is 12.7 Å². The van der Waals surface area contributed by atoms with Gasteiger partial charge in [-0.3, -0.25) is 0 Å². The van der Waals surface area contributed by atoms with E-state index in [0.717, 1.165) is 49.3 Å². The van der Waals surface area contributed by atoms with Crippen molar-refractivity contribution in [2.75, 3.05) is 0 Å². The summed E-state index contributed by atoms with van der Waals surface area (Å²) in [5.41, 5.74) is 4.98. The Morgan fingerprint density at radius 2 is 1.00 bits per heavy atom. The molecule has 0 bridgehead atoms. The highest BCUT2D eigenvalue weighted by molar-refractivity contribution is 6.17. The minimum Gasteiger partial charge on any atom is -0.537 e. The Kier molecular flexibility index (Phi) is 11.1. The number of rotatable bonds is 10. The summed E-state index contributed by atoms with van der Waals surface area (Å²) in [4.78, 5) is 0. The van der Waals surface area contributed by atoms with Crippen molar-refractivity contribution in [1.29, 1.82) is 0 Å². The van der Waals surface area contributed by atoms with Crippen LogP contribution >= 0.6 is 0 Å². The molecule has 3 aliphatic carbocycles. The van der Waals surface area contributed by atoms with Crippen LogP contribution in [0.3, 0.4) is 0 Å². The van der Waals surface area contributed by atoms with Crippen LogP contribution in [0.25, 0.3) is 0 Å². The molecule has 229 valence electrons. The molecule has 5 rings (SSSR count). The SMILES string of the molecule is Cc1cc(O[B]O)cc(C)c1CC1CCC(CC2CCC(CC3CCC(Cc4cc(F)c(C)c(F)c4)CC3)CC2)CC1. The first-order valence-corrected chi connectivity index (χ1v) is 16.9. The van der Waals surface area contributed by atoms with Crippen molar-refractivity contribution in [2.24, 2.45) is 35.5 Å². The Bertz CT molecular complexity index is 1110. The summed E-state index contributed by atoms with van der Waals surface area (Å²) in [6, 6.07) is 7.18. The zero-order chi connectivity index (χ0) is 29.6. The molecular formula is C37H52BF2O2. The third kappa shape index (κ3) is 8.39. The fourth-order valence-corrected chi connectivity index (χ4v) is 8.83. The molecule has 3 aliphatic rings. The number of hydrogen-bond acceptors (Lipinski definition) is 2. The van der Waals surface area contributed by atoms with Gasteiger partial charge >= 0.3 is 7.69 Å². The van der Waals surface area contributed by atoms with Gasteiger partial charge < -0.3 is 9.68 Å². The molecule has 0 atom stereocenters. The van der Waals surface area contributed by atoms with E-state index in [4.69, 9.17) is 9.68 Å². The Morgan fingerprint density at radius 1 is 0.619 bits per heavy atom. The lowest BCUT2D eigenvalue weighted by Crippen LogP contribution is -2.24. The van der Waals surface area contributed by atoms with Gasteiger partial charge in [-0.15, -0.1) is 0 Å². The lowest BCUT2D eigenvalue weighted by Gasteiger charge is -2.36. The average Bonchev–Trinajstić information content (AvgIpc) is 2.97. The molecule has 0 saturated heterocycles. The largest absolute Gasteiger partial charge is 0.569 e. The molecule has 2 aromatic rings. The molecule has 0 aromatic heterocycles. The molecule has 5 heteroatoms. The monoisotopic (exact) mass is 577 g/mol. The molecule has 42 heavy (non-hydrogen) atoms. The van der Waals surface area contributed by atoms with Crippen molar-refractivity contribution in [2.45, 2.75) is 124 Å². The lowest BCUT2D eigenvalue weighted by molar-refractivity contribution is 0.164. The Hall–Kier alpha value is -1.88. The molecule has 0 unspecified atom stereocenters. The second-order valence-electron chi connectivity index (χ2n) is 14.5. The minimum absolute atomic E-state index is 0.138. The van der Waals surface area contributed by atoms with Gasteiger partial charge in [0.05, 0.1) is 0 Å². The third-order valence-electron chi connectivity index (χ3n) is 11.4. The lowest BCUT2D eigenvalue weighted by atomic mass is 9.69. The maximum absolute atomic E-state index is 14.0. The summed E-state index contributed by atoms with van der Waals surface area (Å²) in [5.74, 6) is 4.91. The molecule has 3 saturated carbocycles. The van der Waals surface area contributed by atoms with Crippen molar-refractivity contribution < 1.29 is 18.5 Å². The second kappa shape index (κ2) is 14.7. The van der Waals surface area contributed by atoms with Gasteiger partial charge in [-0.05, 0) is 154 Å². The fourth-order valence-electron chi connectivity index (χ4n) is 8.83. The molecule has 0 amide bonds. The van der Waals surface area contributed by atoms with E-state index in [1.54, 1.807) is 12.1 Å². The van der Waals surface area contributed by atoms with Gasteiger partial charge in [-0.1, -0.05) is 51.4 Å². The average molecular weight is 578 g/mol. The maximum atomic E-state index is 14.0. The van der Waals surface area contributed by atoms with Crippen molar-refractivity contribution >= 4 is 7.69 Å². The molecule has 0 spiro atoms. The highest BCUT2D eigenvalue weighted by Crippen LogP contribution is 2.43. The van der Waals surface area contributed by atoms with Gasteiger partial charge in [0.1, 0.15) is 17.4 Å². The van der Waals surface area contributed by atoms with Gasteiger partial charge in [-0.2, -0.15) is 0 Å². The van der Waals surface area contributed by atoms with Gasteiger partial charge in [-0.25, -0.2) is 8.78 Å². The van der Waals surface area contributed by atoms with Crippen LogP contribution in [0.5, 0.6) is 5.75 Å². The summed E-state index contributed by atoms with van der Waals surface area (Å²) < 4.78 is 33.1. The predicted molar refractivity (Wildman–Crippen MR) is 169 cm³/mol.